The summed E-state index contributed by atoms with van der Waals surface area (Å²) in [4.78, 5) is 10.9. The maximum Gasteiger partial charge on any atom is 0.337 e. The molecule has 0 aliphatic carbocycles. The zero-order chi connectivity index (χ0) is 16.2. The Labute approximate surface area is 129 Å². The summed E-state index contributed by atoms with van der Waals surface area (Å²) in [7, 11) is -2.37. The molecule has 0 radical (unpaired) electrons. The first kappa shape index (κ1) is 17.9. The van der Waals surface area contributed by atoms with Crippen molar-refractivity contribution in [3.05, 3.63) is 28.8 Å². The lowest BCUT2D eigenvalue weighted by Crippen LogP contribution is -2.31. The minimum absolute atomic E-state index is 0.00718. The molecule has 1 aromatic carbocycles. The van der Waals surface area contributed by atoms with Crippen LogP contribution < -0.4 is 0 Å². The molecule has 0 heterocycles. The van der Waals surface area contributed by atoms with Crippen molar-refractivity contribution in [1.29, 1.82) is 0 Å². The summed E-state index contributed by atoms with van der Waals surface area (Å²) in [6.45, 7) is 4.14. The second-order valence-electron chi connectivity index (χ2n) is 4.69. The number of carboxylic acid groups (broad SMARTS) is 1. The Balaban J connectivity index is 2.97. The van der Waals surface area contributed by atoms with Crippen molar-refractivity contribution in [2.24, 2.45) is 0 Å². The van der Waals surface area contributed by atoms with Crippen molar-refractivity contribution in [1.82, 2.24) is 4.31 Å². The number of rotatable bonds is 7. The number of aromatic carboxylic acids is 1. The molecule has 0 aliphatic rings. The number of hydrogen-bond acceptors (Lipinski definition) is 4. The Morgan fingerprint density at radius 1 is 1.43 bits per heavy atom. The summed E-state index contributed by atoms with van der Waals surface area (Å²) >= 11 is 5.73. The van der Waals surface area contributed by atoms with Gasteiger partial charge < -0.3 is 9.84 Å². The fourth-order valence-corrected chi connectivity index (χ4v) is 2.93. The van der Waals surface area contributed by atoms with Crippen LogP contribution in [0.25, 0.3) is 0 Å². The molecule has 6 nitrogen and oxygen atoms in total. The molecule has 8 heteroatoms. The van der Waals surface area contributed by atoms with E-state index in [1.54, 1.807) is 0 Å². The van der Waals surface area contributed by atoms with Gasteiger partial charge in [0.25, 0.3) is 0 Å². The predicted molar refractivity (Wildman–Crippen MR) is 79.3 cm³/mol. The summed E-state index contributed by atoms with van der Waals surface area (Å²) in [5, 5.41) is 8.98. The molecule has 1 aromatic rings. The lowest BCUT2D eigenvalue weighted by Gasteiger charge is -2.18. The maximum atomic E-state index is 12.3. The van der Waals surface area contributed by atoms with Gasteiger partial charge in [0.05, 0.1) is 28.2 Å². The molecule has 0 bridgehead atoms. The van der Waals surface area contributed by atoms with Gasteiger partial charge in [-0.25, -0.2) is 13.2 Å². The zero-order valence-electron chi connectivity index (χ0n) is 12.0. The molecule has 0 saturated heterocycles. The van der Waals surface area contributed by atoms with Crippen molar-refractivity contribution in [2.45, 2.75) is 24.8 Å². The number of likely N-dealkylation sites (N-methyl/N-ethyl adjacent to an activating group) is 1. The highest BCUT2D eigenvalue weighted by molar-refractivity contribution is 7.89. The Morgan fingerprint density at radius 2 is 2.05 bits per heavy atom. The predicted octanol–water partition coefficient (Wildman–Crippen LogP) is 2.08. The Kier molecular flexibility index (Phi) is 6.15. The van der Waals surface area contributed by atoms with Crippen LogP contribution in [0.2, 0.25) is 5.02 Å². The number of benzene rings is 1. The fourth-order valence-electron chi connectivity index (χ4n) is 1.55. The second-order valence-corrected chi connectivity index (χ2v) is 7.15. The standard InChI is InChI=1S/C13H18ClNO5S/c1-9(2)20-7-6-15(3)21(18,19)10-4-5-12(14)11(8-10)13(16)17/h4-5,8-9H,6-7H2,1-3H3,(H,16,17). The van der Waals surface area contributed by atoms with E-state index in [1.165, 1.54) is 19.2 Å². The van der Waals surface area contributed by atoms with Gasteiger partial charge in [-0.3, -0.25) is 0 Å². The molecule has 0 amide bonds. The molecule has 1 rings (SSSR count). The molecule has 0 fully saturated rings. The third-order valence-electron chi connectivity index (χ3n) is 2.73. The van der Waals surface area contributed by atoms with E-state index in [4.69, 9.17) is 21.4 Å². The molecule has 0 unspecified atom stereocenters. The minimum Gasteiger partial charge on any atom is -0.478 e. The van der Waals surface area contributed by atoms with Crippen LogP contribution in [-0.2, 0) is 14.8 Å². The van der Waals surface area contributed by atoms with Gasteiger partial charge in [-0.1, -0.05) is 11.6 Å². The quantitative estimate of drug-likeness (QED) is 0.824. The van der Waals surface area contributed by atoms with Crippen LogP contribution in [0.15, 0.2) is 23.1 Å². The molecule has 0 atom stereocenters. The first-order chi connectivity index (χ1) is 9.66. The van der Waals surface area contributed by atoms with E-state index in [2.05, 4.69) is 0 Å². The van der Waals surface area contributed by atoms with E-state index in [0.717, 1.165) is 10.4 Å². The van der Waals surface area contributed by atoms with Gasteiger partial charge in [-0.15, -0.1) is 0 Å². The van der Waals surface area contributed by atoms with Crippen molar-refractivity contribution in [3.8, 4) is 0 Å². The second kappa shape index (κ2) is 7.22. The average Bonchev–Trinajstić information content (AvgIpc) is 2.37. The van der Waals surface area contributed by atoms with E-state index in [9.17, 15) is 13.2 Å². The van der Waals surface area contributed by atoms with Gasteiger partial charge in [-0.05, 0) is 32.0 Å². The van der Waals surface area contributed by atoms with Crippen LogP contribution >= 0.6 is 11.6 Å². The minimum atomic E-state index is -3.78. The summed E-state index contributed by atoms with van der Waals surface area (Å²) in [5.41, 5.74) is -0.246. The average molecular weight is 336 g/mol. The van der Waals surface area contributed by atoms with Gasteiger partial charge in [-0.2, -0.15) is 4.31 Å². The summed E-state index contributed by atoms with van der Waals surface area (Å²) in [5.74, 6) is -1.28. The van der Waals surface area contributed by atoms with Crippen LogP contribution in [0, 0.1) is 0 Å². The first-order valence-corrected chi connectivity index (χ1v) is 8.09. The van der Waals surface area contributed by atoms with Crippen LogP contribution in [0.5, 0.6) is 0 Å². The normalized spacial score (nSPS) is 12.1. The van der Waals surface area contributed by atoms with E-state index in [-0.39, 0.29) is 34.7 Å². The van der Waals surface area contributed by atoms with Crippen LogP contribution in [0.1, 0.15) is 24.2 Å². The number of hydrogen-bond donors (Lipinski definition) is 1. The smallest absolute Gasteiger partial charge is 0.337 e. The van der Waals surface area contributed by atoms with Crippen molar-refractivity contribution in [3.63, 3.8) is 0 Å². The van der Waals surface area contributed by atoms with Gasteiger partial charge in [0.2, 0.25) is 10.0 Å². The highest BCUT2D eigenvalue weighted by atomic mass is 35.5. The number of halogens is 1. The van der Waals surface area contributed by atoms with Gasteiger partial charge in [0.15, 0.2) is 0 Å². The molecule has 0 saturated carbocycles. The van der Waals surface area contributed by atoms with Crippen molar-refractivity contribution in [2.75, 3.05) is 20.2 Å². The molecule has 0 aliphatic heterocycles. The van der Waals surface area contributed by atoms with Gasteiger partial charge in [0, 0.05) is 13.6 Å². The van der Waals surface area contributed by atoms with Gasteiger partial charge in [0.1, 0.15) is 0 Å². The van der Waals surface area contributed by atoms with Crippen molar-refractivity contribution >= 4 is 27.6 Å². The van der Waals surface area contributed by atoms with Crippen LogP contribution in [0.3, 0.4) is 0 Å². The molecular formula is C13H18ClNO5S. The lowest BCUT2D eigenvalue weighted by molar-refractivity contribution is 0.0696. The zero-order valence-corrected chi connectivity index (χ0v) is 13.6. The number of nitrogens with zero attached hydrogens (tertiary/aromatic N) is 1. The summed E-state index contributed by atoms with van der Waals surface area (Å²) in [6.07, 6.45) is 0.00949. The van der Waals surface area contributed by atoms with Crippen LogP contribution in [-0.4, -0.2) is 50.1 Å². The maximum absolute atomic E-state index is 12.3. The number of carboxylic acids is 1. The number of sulfonamides is 1. The first-order valence-electron chi connectivity index (χ1n) is 6.27. The van der Waals surface area contributed by atoms with E-state index < -0.39 is 16.0 Å². The third kappa shape index (κ3) is 4.67. The lowest BCUT2D eigenvalue weighted by atomic mass is 10.2. The SMILES string of the molecule is CC(C)OCCN(C)S(=O)(=O)c1ccc(Cl)c(C(=O)O)c1. The topological polar surface area (TPSA) is 83.9 Å². The molecule has 0 spiro atoms. The van der Waals surface area contributed by atoms with E-state index in [1.807, 2.05) is 13.8 Å². The highest BCUT2D eigenvalue weighted by Crippen LogP contribution is 2.22. The van der Waals surface area contributed by atoms with E-state index in [0.29, 0.717) is 0 Å². The number of carbonyl (C=O) groups is 1. The molecular weight excluding hydrogens is 318 g/mol. The molecule has 21 heavy (non-hydrogen) atoms. The Hall–Kier alpha value is -1.15. The molecule has 1 N–H and O–H groups in total. The summed E-state index contributed by atoms with van der Waals surface area (Å²) in [6, 6.07) is 3.60. The Morgan fingerprint density at radius 3 is 2.57 bits per heavy atom. The highest BCUT2D eigenvalue weighted by Gasteiger charge is 2.23. The monoisotopic (exact) mass is 335 g/mol. The molecule has 0 aromatic heterocycles. The largest absolute Gasteiger partial charge is 0.478 e. The fraction of sp³-hybridized carbons (Fsp3) is 0.462. The molecule has 118 valence electrons. The Bertz CT molecular complexity index is 615. The number of ether oxygens (including phenoxy) is 1. The third-order valence-corrected chi connectivity index (χ3v) is 4.92. The van der Waals surface area contributed by atoms with Crippen LogP contribution in [0.4, 0.5) is 0 Å². The van der Waals surface area contributed by atoms with Gasteiger partial charge >= 0.3 is 5.97 Å². The van der Waals surface area contributed by atoms with Crippen molar-refractivity contribution < 1.29 is 23.1 Å². The summed E-state index contributed by atoms with van der Waals surface area (Å²) < 4.78 is 31.1. The van der Waals surface area contributed by atoms with E-state index >= 15 is 0 Å².